The van der Waals surface area contributed by atoms with Crippen molar-refractivity contribution in [3.8, 4) is 0 Å². The number of ether oxygens (including phenoxy) is 2. The van der Waals surface area contributed by atoms with Gasteiger partial charge in [-0.3, -0.25) is 9.59 Å². The van der Waals surface area contributed by atoms with Gasteiger partial charge in [-0.2, -0.15) is 0 Å². The quantitative estimate of drug-likeness (QED) is 0.688. The molecule has 9 atom stereocenters. The molecule has 5 aliphatic rings. The number of ketones is 2. The third kappa shape index (κ3) is 2.93. The fraction of sp³-hybridized carbons (Fsp3) is 0.852. The number of rotatable bonds is 3. The van der Waals surface area contributed by atoms with Gasteiger partial charge in [0.1, 0.15) is 5.78 Å². The smallest absolute Gasteiger partial charge is 0.166 e. The predicted octanol–water partition coefficient (Wildman–Crippen LogP) is 4.60. The number of hydrogen-bond donors (Lipinski definition) is 1. The maximum absolute atomic E-state index is 13.5. The Hall–Kier alpha value is -1.04. The summed E-state index contributed by atoms with van der Waals surface area (Å²) in [6.07, 6.45) is 7.06. The van der Waals surface area contributed by atoms with Crippen LogP contribution in [0.2, 0.25) is 0 Å². The van der Waals surface area contributed by atoms with Gasteiger partial charge in [0.15, 0.2) is 11.6 Å². The van der Waals surface area contributed by atoms with Gasteiger partial charge < -0.3 is 14.6 Å². The van der Waals surface area contributed by atoms with Crippen molar-refractivity contribution in [2.75, 3.05) is 0 Å². The Labute approximate surface area is 192 Å². The zero-order chi connectivity index (χ0) is 23.3. The van der Waals surface area contributed by atoms with Gasteiger partial charge in [0, 0.05) is 23.7 Å². The Morgan fingerprint density at radius 3 is 2.47 bits per heavy atom. The van der Waals surface area contributed by atoms with E-state index in [9.17, 15) is 14.7 Å². The van der Waals surface area contributed by atoms with Crippen LogP contribution in [0.15, 0.2) is 11.6 Å². The van der Waals surface area contributed by atoms with Crippen molar-refractivity contribution in [1.29, 1.82) is 0 Å². The second-order valence-electron chi connectivity index (χ2n) is 12.6. The Bertz CT molecular complexity index is 877. The summed E-state index contributed by atoms with van der Waals surface area (Å²) in [5.74, 6) is 0.0907. The van der Waals surface area contributed by atoms with Gasteiger partial charge in [-0.1, -0.05) is 27.7 Å². The first kappa shape index (κ1) is 22.7. The molecule has 5 heteroatoms. The molecule has 1 heterocycles. The first-order valence-electron chi connectivity index (χ1n) is 12.7. The maximum Gasteiger partial charge on any atom is 0.166 e. The predicted molar refractivity (Wildman–Crippen MR) is 121 cm³/mol. The van der Waals surface area contributed by atoms with Gasteiger partial charge in [-0.05, 0) is 81.3 Å². The van der Waals surface area contributed by atoms with Crippen molar-refractivity contribution in [1.82, 2.24) is 0 Å². The number of hydrogen-bond acceptors (Lipinski definition) is 5. The van der Waals surface area contributed by atoms with Crippen molar-refractivity contribution in [3.63, 3.8) is 0 Å². The summed E-state index contributed by atoms with van der Waals surface area (Å²) in [6, 6.07) is 0. The van der Waals surface area contributed by atoms with Gasteiger partial charge in [0.2, 0.25) is 0 Å². The monoisotopic (exact) mass is 444 g/mol. The van der Waals surface area contributed by atoms with Crippen LogP contribution in [-0.2, 0) is 19.1 Å². The van der Waals surface area contributed by atoms with E-state index in [1.165, 1.54) is 0 Å². The molecule has 0 aromatic carbocycles. The molecule has 4 fully saturated rings. The number of fused-ring (bicyclic) bond motifs is 6. The normalized spacial score (nSPS) is 52.2. The van der Waals surface area contributed by atoms with E-state index in [0.717, 1.165) is 31.3 Å². The molecule has 4 aliphatic carbocycles. The second kappa shape index (κ2) is 6.99. The van der Waals surface area contributed by atoms with Crippen LogP contribution in [0.3, 0.4) is 0 Å². The van der Waals surface area contributed by atoms with Gasteiger partial charge in [0.05, 0.1) is 17.8 Å². The van der Waals surface area contributed by atoms with Crippen LogP contribution in [0.4, 0.5) is 0 Å². The summed E-state index contributed by atoms with van der Waals surface area (Å²) < 4.78 is 12.9. The molecule has 32 heavy (non-hydrogen) atoms. The van der Waals surface area contributed by atoms with Crippen LogP contribution < -0.4 is 0 Å². The molecule has 1 aliphatic heterocycles. The fourth-order valence-electron chi connectivity index (χ4n) is 8.73. The lowest BCUT2D eigenvalue weighted by atomic mass is 9.46. The van der Waals surface area contributed by atoms with Crippen LogP contribution in [0.25, 0.3) is 0 Å². The lowest BCUT2D eigenvalue weighted by Crippen LogP contribution is -2.60. The van der Waals surface area contributed by atoms with Crippen LogP contribution in [0.5, 0.6) is 0 Å². The van der Waals surface area contributed by atoms with Gasteiger partial charge in [-0.15, -0.1) is 0 Å². The largest absolute Gasteiger partial charge is 0.385 e. The van der Waals surface area contributed by atoms with E-state index in [2.05, 4.69) is 27.7 Å². The fourth-order valence-corrected chi connectivity index (χ4v) is 8.73. The molecular weight excluding hydrogens is 404 g/mol. The SMILES string of the molecule is CC(=O)[C@H]1CC[C@@]2(O)C3=CC(=O)[C@@H]4C[C@H]5O[C@@](C)(CC(C)C)O[C@H]5C[C@]4(C)[C@H]3CC[C@]12C. The Balaban J connectivity index is 1.48. The van der Waals surface area contributed by atoms with Crippen LogP contribution >= 0.6 is 0 Å². The molecule has 5 rings (SSSR count). The van der Waals surface area contributed by atoms with Crippen LogP contribution in [0, 0.1) is 34.5 Å². The highest BCUT2D eigenvalue weighted by Crippen LogP contribution is 2.67. The zero-order valence-corrected chi connectivity index (χ0v) is 20.6. The molecule has 178 valence electrons. The molecule has 0 bridgehead atoms. The topological polar surface area (TPSA) is 72.8 Å². The lowest BCUT2D eigenvalue weighted by Gasteiger charge is -2.59. The highest BCUT2D eigenvalue weighted by Gasteiger charge is 2.68. The third-order valence-corrected chi connectivity index (χ3v) is 10.1. The van der Waals surface area contributed by atoms with E-state index >= 15 is 0 Å². The molecule has 0 aromatic heterocycles. The molecule has 1 saturated heterocycles. The molecule has 1 N–H and O–H groups in total. The number of Topliss-reactive ketones (excluding diaryl/α,β-unsaturated/α-hetero) is 1. The van der Waals surface area contributed by atoms with Crippen LogP contribution in [-0.4, -0.2) is 40.3 Å². The molecule has 3 saturated carbocycles. The number of carbonyl (C=O) groups is 2. The molecule has 0 unspecified atom stereocenters. The second-order valence-corrected chi connectivity index (χ2v) is 12.6. The van der Waals surface area contributed by atoms with Crippen molar-refractivity contribution in [2.24, 2.45) is 34.5 Å². The van der Waals surface area contributed by atoms with E-state index in [0.29, 0.717) is 25.2 Å². The summed E-state index contributed by atoms with van der Waals surface area (Å²) in [7, 11) is 0. The van der Waals surface area contributed by atoms with E-state index in [-0.39, 0.29) is 46.9 Å². The average molecular weight is 445 g/mol. The summed E-state index contributed by atoms with van der Waals surface area (Å²) in [4.78, 5) is 25.9. The van der Waals surface area contributed by atoms with Gasteiger partial charge in [-0.25, -0.2) is 0 Å². The summed E-state index contributed by atoms with van der Waals surface area (Å²) in [5, 5.41) is 12.0. The zero-order valence-electron chi connectivity index (χ0n) is 20.6. The minimum absolute atomic E-state index is 0.0105. The minimum atomic E-state index is -1.06. The Morgan fingerprint density at radius 2 is 1.81 bits per heavy atom. The highest BCUT2D eigenvalue weighted by molar-refractivity contribution is 5.95. The van der Waals surface area contributed by atoms with Crippen molar-refractivity contribution >= 4 is 11.6 Å². The van der Waals surface area contributed by atoms with Gasteiger partial charge >= 0.3 is 0 Å². The van der Waals surface area contributed by atoms with Crippen molar-refractivity contribution in [2.45, 2.75) is 110 Å². The number of carbonyl (C=O) groups excluding carboxylic acids is 2. The van der Waals surface area contributed by atoms with E-state index < -0.39 is 16.8 Å². The molecule has 0 amide bonds. The van der Waals surface area contributed by atoms with E-state index in [4.69, 9.17) is 9.47 Å². The third-order valence-electron chi connectivity index (χ3n) is 10.1. The lowest BCUT2D eigenvalue weighted by molar-refractivity contribution is -0.172. The first-order chi connectivity index (χ1) is 14.8. The van der Waals surface area contributed by atoms with E-state index in [1.54, 1.807) is 13.0 Å². The standard InChI is InChI=1S/C27H40O5/c1-15(2)13-26(6)31-22-12-20-21(29)11-19-18(24(20,4)14-23(22)32-26)7-9-25(5)17(16(3)28)8-10-27(19,25)30/h11,15,17-18,20,22-23,30H,7-10,12-14H2,1-6H3/t17-,18+,20+,22-,23+,24-,25-,26-,27-/m1/s1. The number of aliphatic hydroxyl groups is 1. The molecule has 5 nitrogen and oxygen atoms in total. The van der Waals surface area contributed by atoms with Crippen molar-refractivity contribution in [3.05, 3.63) is 11.6 Å². The summed E-state index contributed by atoms with van der Waals surface area (Å²) in [5.41, 5.74) is -0.891. The summed E-state index contributed by atoms with van der Waals surface area (Å²) >= 11 is 0. The summed E-state index contributed by atoms with van der Waals surface area (Å²) in [6.45, 7) is 12.4. The highest BCUT2D eigenvalue weighted by atomic mass is 16.8. The van der Waals surface area contributed by atoms with E-state index in [1.807, 2.05) is 6.92 Å². The Kier molecular flexibility index (Phi) is 4.97. The first-order valence-corrected chi connectivity index (χ1v) is 12.7. The molecule has 0 aromatic rings. The van der Waals surface area contributed by atoms with Gasteiger partial charge in [0.25, 0.3) is 0 Å². The maximum atomic E-state index is 13.5. The van der Waals surface area contributed by atoms with Crippen LogP contribution in [0.1, 0.15) is 86.5 Å². The molecule has 0 spiro atoms. The Morgan fingerprint density at radius 1 is 1.12 bits per heavy atom. The minimum Gasteiger partial charge on any atom is -0.385 e. The molecular formula is C27H40O5. The average Bonchev–Trinajstić information content (AvgIpc) is 3.12. The number of allylic oxidation sites excluding steroid dienone is 1. The molecule has 0 radical (unpaired) electrons. The van der Waals surface area contributed by atoms with Crippen molar-refractivity contribution < 1.29 is 24.2 Å².